The Morgan fingerprint density at radius 3 is 2.38 bits per heavy atom. The van der Waals surface area contributed by atoms with Crippen LogP contribution in [0.3, 0.4) is 0 Å². The molecule has 0 saturated carbocycles. The number of aryl methyl sites for hydroxylation is 1. The van der Waals surface area contributed by atoms with E-state index in [4.69, 9.17) is 0 Å². The van der Waals surface area contributed by atoms with Crippen LogP contribution in [0, 0.1) is 0 Å². The van der Waals surface area contributed by atoms with Gasteiger partial charge in [-0.15, -0.1) is 0 Å². The van der Waals surface area contributed by atoms with Gasteiger partial charge in [-0.25, -0.2) is 0 Å². The summed E-state index contributed by atoms with van der Waals surface area (Å²) in [6.07, 6.45) is 4.49. The van der Waals surface area contributed by atoms with Crippen molar-refractivity contribution in [2.24, 2.45) is 0 Å². The predicted molar refractivity (Wildman–Crippen MR) is 148 cm³/mol. The van der Waals surface area contributed by atoms with Crippen molar-refractivity contribution in [2.45, 2.75) is 37.1 Å². The molecular weight excluding hydrogens is 553 g/mol. The van der Waals surface area contributed by atoms with E-state index < -0.39 is 20.2 Å². The van der Waals surface area contributed by atoms with Gasteiger partial charge in [-0.2, -0.15) is 21.4 Å². The highest BCUT2D eigenvalue weighted by atomic mass is 32.2. The molecule has 3 aromatic rings. The lowest BCUT2D eigenvalue weighted by molar-refractivity contribution is -0.669. The molecule has 2 heterocycles. The summed E-state index contributed by atoms with van der Waals surface area (Å²) in [5.74, 6) is -0.573. The van der Waals surface area contributed by atoms with Crippen molar-refractivity contribution in [3.05, 3.63) is 70.2 Å². The molecule has 1 aliphatic carbocycles. The van der Waals surface area contributed by atoms with Crippen LogP contribution >= 0.6 is 23.1 Å². The first-order chi connectivity index (χ1) is 17.6. The lowest BCUT2D eigenvalue weighted by atomic mass is 10.2. The second-order valence-electron chi connectivity index (χ2n) is 9.03. The fourth-order valence-corrected chi connectivity index (χ4v) is 8.21. The number of anilines is 1. The number of allylic oxidation sites excluding steroid dienone is 3. The van der Waals surface area contributed by atoms with E-state index in [1.807, 2.05) is 36.4 Å². The minimum Gasteiger partial charge on any atom is -0.335 e. The van der Waals surface area contributed by atoms with Gasteiger partial charge in [0.25, 0.3) is 25.2 Å². The number of aromatic nitrogens is 1. The average molecular weight is 580 g/mol. The Morgan fingerprint density at radius 1 is 0.892 bits per heavy atom. The summed E-state index contributed by atoms with van der Waals surface area (Å²) in [5, 5.41) is 2.15. The molecule has 1 aliphatic heterocycles. The fraction of sp³-hybridized carbons (Fsp3) is 0.320. The molecular formula is C25H27N2O6S4+. The van der Waals surface area contributed by atoms with E-state index in [-0.39, 0.29) is 11.5 Å². The molecule has 12 heteroatoms. The number of rotatable bonds is 9. The average Bonchev–Trinajstić information content (AvgIpc) is 3.53. The van der Waals surface area contributed by atoms with E-state index in [9.17, 15) is 25.9 Å². The maximum absolute atomic E-state index is 11.3. The SMILES string of the molecule is O=S(=O)(O)CCCN1/C(=C2/C=C(c3sc4ccccc4[n+]3CCCS(=O)(=O)O)CC2)Sc2ccccc21. The topological polar surface area (TPSA) is 116 Å². The first kappa shape index (κ1) is 26.4. The fourth-order valence-electron chi connectivity index (χ4n) is 4.76. The third kappa shape index (κ3) is 6.10. The quantitative estimate of drug-likeness (QED) is 0.276. The van der Waals surface area contributed by atoms with Gasteiger partial charge in [0.2, 0.25) is 5.52 Å². The van der Waals surface area contributed by atoms with Gasteiger partial charge in [0.05, 0.1) is 22.2 Å². The Hall–Kier alpha value is -2.22. The van der Waals surface area contributed by atoms with Crippen LogP contribution in [0.15, 0.2) is 70.1 Å². The summed E-state index contributed by atoms with van der Waals surface area (Å²) >= 11 is 3.35. The number of nitrogens with zero attached hydrogens (tertiary/aromatic N) is 2. The van der Waals surface area contributed by atoms with Gasteiger partial charge in [-0.1, -0.05) is 47.4 Å². The molecule has 0 unspecified atom stereocenters. The van der Waals surface area contributed by atoms with Gasteiger partial charge < -0.3 is 4.90 Å². The molecule has 0 spiro atoms. The van der Waals surface area contributed by atoms with E-state index in [2.05, 4.69) is 27.7 Å². The van der Waals surface area contributed by atoms with Crippen LogP contribution in [0.2, 0.25) is 0 Å². The van der Waals surface area contributed by atoms with Gasteiger partial charge in [-0.05, 0) is 49.1 Å². The van der Waals surface area contributed by atoms with Crippen LogP contribution in [0.5, 0.6) is 0 Å². The van der Waals surface area contributed by atoms with Crippen molar-refractivity contribution in [2.75, 3.05) is 23.0 Å². The summed E-state index contributed by atoms with van der Waals surface area (Å²) in [6.45, 7) is 0.953. The second kappa shape index (κ2) is 10.5. The zero-order valence-corrected chi connectivity index (χ0v) is 23.2. The van der Waals surface area contributed by atoms with Crippen LogP contribution in [-0.2, 0) is 26.8 Å². The monoisotopic (exact) mass is 579 g/mol. The van der Waals surface area contributed by atoms with E-state index in [1.165, 1.54) is 11.1 Å². The zero-order chi connectivity index (χ0) is 26.2. The van der Waals surface area contributed by atoms with Crippen molar-refractivity contribution in [3.8, 4) is 0 Å². The Balaban J connectivity index is 1.48. The van der Waals surface area contributed by atoms with Crippen molar-refractivity contribution < 1.29 is 30.5 Å². The molecule has 5 rings (SSSR count). The second-order valence-corrected chi connectivity index (χ2v) is 14.2. The third-order valence-electron chi connectivity index (χ3n) is 6.35. The Bertz CT molecular complexity index is 1620. The van der Waals surface area contributed by atoms with E-state index in [0.717, 1.165) is 43.7 Å². The van der Waals surface area contributed by atoms with Crippen molar-refractivity contribution in [3.63, 3.8) is 0 Å². The number of benzene rings is 2. The van der Waals surface area contributed by atoms with E-state index in [1.54, 1.807) is 23.1 Å². The van der Waals surface area contributed by atoms with Gasteiger partial charge in [-0.3, -0.25) is 9.11 Å². The number of para-hydroxylation sites is 2. The summed E-state index contributed by atoms with van der Waals surface area (Å²) < 4.78 is 66.8. The molecule has 196 valence electrons. The Kier molecular flexibility index (Phi) is 7.49. The maximum Gasteiger partial charge on any atom is 0.266 e. The number of thiazole rings is 1. The van der Waals surface area contributed by atoms with Crippen LogP contribution in [0.4, 0.5) is 5.69 Å². The smallest absolute Gasteiger partial charge is 0.266 e. The third-order valence-corrected chi connectivity index (χ3v) is 10.4. The predicted octanol–water partition coefficient (Wildman–Crippen LogP) is 4.75. The molecule has 0 amide bonds. The highest BCUT2D eigenvalue weighted by Crippen LogP contribution is 2.49. The molecule has 1 aromatic heterocycles. The number of hydrogen-bond donors (Lipinski definition) is 2. The Labute approximate surface area is 224 Å². The van der Waals surface area contributed by atoms with Crippen LogP contribution in [0.1, 0.15) is 30.7 Å². The summed E-state index contributed by atoms with van der Waals surface area (Å²) in [6, 6.07) is 16.1. The summed E-state index contributed by atoms with van der Waals surface area (Å²) in [7, 11) is -8.05. The molecule has 0 radical (unpaired) electrons. The number of hydrogen-bond acceptors (Lipinski definition) is 7. The number of fused-ring (bicyclic) bond motifs is 2. The van der Waals surface area contributed by atoms with Crippen LogP contribution < -0.4 is 9.47 Å². The van der Waals surface area contributed by atoms with Gasteiger partial charge in [0.1, 0.15) is 4.70 Å². The lowest BCUT2D eigenvalue weighted by Gasteiger charge is -2.21. The zero-order valence-electron chi connectivity index (χ0n) is 19.9. The number of thioether (sulfide) groups is 1. The highest BCUT2D eigenvalue weighted by Gasteiger charge is 2.31. The molecule has 8 nitrogen and oxygen atoms in total. The van der Waals surface area contributed by atoms with Gasteiger partial charge in [0.15, 0.2) is 6.54 Å². The maximum atomic E-state index is 11.3. The van der Waals surface area contributed by atoms with E-state index in [0.29, 0.717) is 25.9 Å². The normalized spacial score (nSPS) is 18.0. The molecule has 0 atom stereocenters. The molecule has 0 bridgehead atoms. The van der Waals surface area contributed by atoms with E-state index >= 15 is 0 Å². The standard InChI is InChI=1S/C25H26N2O6S4/c28-36(29,30)15-5-13-26-20-7-1-3-9-22(20)34-24(26)18-11-12-19(17-18)25-27(14-6-16-37(31,32)33)21-8-2-4-10-23(21)35-25/h1-4,7-10,17H,5-6,11-16H2,(H-,28,29,30,31,32,33)/p+1. The minimum atomic E-state index is -4.03. The van der Waals surface area contributed by atoms with Gasteiger partial charge >= 0.3 is 0 Å². The highest BCUT2D eigenvalue weighted by molar-refractivity contribution is 8.03. The van der Waals surface area contributed by atoms with Crippen LogP contribution in [-0.4, -0.2) is 44.0 Å². The largest absolute Gasteiger partial charge is 0.335 e. The Morgan fingerprint density at radius 2 is 1.59 bits per heavy atom. The summed E-state index contributed by atoms with van der Waals surface area (Å²) in [5.41, 5.74) is 4.42. The van der Waals surface area contributed by atoms with Crippen molar-refractivity contribution in [1.82, 2.24) is 0 Å². The van der Waals surface area contributed by atoms with Gasteiger partial charge in [0, 0.05) is 29.5 Å². The molecule has 2 aliphatic rings. The minimum absolute atomic E-state index is 0.286. The molecule has 37 heavy (non-hydrogen) atoms. The summed E-state index contributed by atoms with van der Waals surface area (Å²) in [4.78, 5) is 3.26. The first-order valence-corrected chi connectivity index (χ1v) is 16.7. The van der Waals surface area contributed by atoms with Crippen LogP contribution in [0.25, 0.3) is 15.8 Å². The molecule has 0 saturated heterocycles. The first-order valence-electron chi connectivity index (χ1n) is 11.9. The van der Waals surface area contributed by atoms with Crippen molar-refractivity contribution >= 4 is 64.8 Å². The lowest BCUT2D eigenvalue weighted by Crippen LogP contribution is -2.36. The van der Waals surface area contributed by atoms with Crippen molar-refractivity contribution in [1.29, 1.82) is 0 Å². The molecule has 2 aromatic carbocycles. The molecule has 2 N–H and O–H groups in total. The molecule has 0 fully saturated rings.